The van der Waals surface area contributed by atoms with E-state index in [0.29, 0.717) is 22.3 Å². The molecule has 0 atom stereocenters. The Kier molecular flexibility index (Phi) is 4.71. The molecule has 1 heterocycles. The molecule has 2 amide bonds. The van der Waals surface area contributed by atoms with E-state index in [1.807, 2.05) is 29.1 Å². The summed E-state index contributed by atoms with van der Waals surface area (Å²) < 4.78 is 1.98. The van der Waals surface area contributed by atoms with Crippen LogP contribution in [0, 0.1) is 0 Å². The summed E-state index contributed by atoms with van der Waals surface area (Å²) in [6, 6.07) is 8.50. The summed E-state index contributed by atoms with van der Waals surface area (Å²) in [6.07, 6.45) is 3.88. The van der Waals surface area contributed by atoms with Gasteiger partial charge in [-0.3, -0.25) is 0 Å². The maximum absolute atomic E-state index is 11.7. The van der Waals surface area contributed by atoms with Crippen LogP contribution in [0.2, 0.25) is 10.0 Å². The maximum Gasteiger partial charge on any atom is 0.319 e. The molecule has 1 aromatic heterocycles. The van der Waals surface area contributed by atoms with Gasteiger partial charge >= 0.3 is 6.03 Å². The van der Waals surface area contributed by atoms with Gasteiger partial charge in [0.2, 0.25) is 0 Å². The van der Waals surface area contributed by atoms with E-state index < -0.39 is 0 Å². The Balaban J connectivity index is 1.80. The summed E-state index contributed by atoms with van der Waals surface area (Å²) in [5.41, 5.74) is 0.532. The van der Waals surface area contributed by atoms with Crippen LogP contribution in [0.4, 0.5) is 10.5 Å². The lowest BCUT2D eigenvalue weighted by molar-refractivity contribution is 0.251. The first-order chi connectivity index (χ1) is 9.15. The molecule has 0 saturated heterocycles. The monoisotopic (exact) mass is 297 g/mol. The summed E-state index contributed by atoms with van der Waals surface area (Å²) >= 11 is 11.7. The van der Waals surface area contributed by atoms with Gasteiger partial charge in [-0.2, -0.15) is 0 Å². The standard InChI is InChI=1S/C13H13Cl2N3O/c14-10-3-4-12(11(15)9-10)17-13(19)16-5-8-18-6-1-2-7-18/h1-4,6-7,9H,5,8H2,(H2,16,17,19). The van der Waals surface area contributed by atoms with Gasteiger partial charge in [-0.05, 0) is 30.3 Å². The number of benzene rings is 1. The lowest BCUT2D eigenvalue weighted by Crippen LogP contribution is -2.31. The fraction of sp³-hybridized carbons (Fsp3) is 0.154. The highest BCUT2D eigenvalue weighted by atomic mass is 35.5. The zero-order valence-electron chi connectivity index (χ0n) is 10.1. The molecular formula is C13H13Cl2N3O. The van der Waals surface area contributed by atoms with Crippen LogP contribution in [0.1, 0.15) is 0 Å². The lowest BCUT2D eigenvalue weighted by Gasteiger charge is -2.09. The van der Waals surface area contributed by atoms with E-state index in [2.05, 4.69) is 10.6 Å². The quantitative estimate of drug-likeness (QED) is 0.889. The van der Waals surface area contributed by atoms with Crippen LogP contribution in [-0.2, 0) is 6.54 Å². The zero-order chi connectivity index (χ0) is 13.7. The molecule has 0 aliphatic carbocycles. The maximum atomic E-state index is 11.7. The van der Waals surface area contributed by atoms with Crippen molar-refractivity contribution in [3.63, 3.8) is 0 Å². The first-order valence-electron chi connectivity index (χ1n) is 5.76. The number of nitrogens with one attached hydrogen (secondary N) is 2. The minimum Gasteiger partial charge on any atom is -0.353 e. The Labute approximate surface area is 121 Å². The zero-order valence-corrected chi connectivity index (χ0v) is 11.6. The minimum atomic E-state index is -0.295. The van der Waals surface area contributed by atoms with E-state index >= 15 is 0 Å². The third-order valence-corrected chi connectivity index (χ3v) is 3.05. The molecule has 100 valence electrons. The molecule has 4 nitrogen and oxygen atoms in total. The minimum absolute atomic E-state index is 0.295. The number of carbonyl (C=O) groups is 1. The van der Waals surface area contributed by atoms with Crippen molar-refractivity contribution in [2.75, 3.05) is 11.9 Å². The van der Waals surface area contributed by atoms with Gasteiger partial charge in [-0.1, -0.05) is 23.2 Å². The molecule has 0 unspecified atom stereocenters. The molecular weight excluding hydrogens is 285 g/mol. The van der Waals surface area contributed by atoms with Gasteiger partial charge in [-0.25, -0.2) is 4.79 Å². The molecule has 0 fully saturated rings. The number of nitrogens with zero attached hydrogens (tertiary/aromatic N) is 1. The third-order valence-electron chi connectivity index (χ3n) is 2.50. The highest BCUT2D eigenvalue weighted by molar-refractivity contribution is 6.36. The van der Waals surface area contributed by atoms with Crippen LogP contribution in [0.25, 0.3) is 0 Å². The van der Waals surface area contributed by atoms with Crippen molar-refractivity contribution in [2.24, 2.45) is 0 Å². The topological polar surface area (TPSA) is 46.1 Å². The molecule has 0 radical (unpaired) electrons. The van der Waals surface area contributed by atoms with E-state index in [1.165, 1.54) is 0 Å². The Morgan fingerprint density at radius 2 is 1.95 bits per heavy atom. The SMILES string of the molecule is O=C(NCCn1cccc1)Nc1ccc(Cl)cc1Cl. The van der Waals surface area contributed by atoms with Gasteiger partial charge < -0.3 is 15.2 Å². The molecule has 0 spiro atoms. The number of aromatic nitrogens is 1. The Bertz CT molecular complexity index is 555. The van der Waals surface area contributed by atoms with Crippen LogP contribution in [0.15, 0.2) is 42.7 Å². The van der Waals surface area contributed by atoms with Crippen LogP contribution < -0.4 is 10.6 Å². The number of hydrogen-bond donors (Lipinski definition) is 2. The molecule has 6 heteroatoms. The van der Waals surface area contributed by atoms with Crippen LogP contribution in [-0.4, -0.2) is 17.1 Å². The summed E-state index contributed by atoms with van der Waals surface area (Å²) in [5, 5.41) is 6.36. The summed E-state index contributed by atoms with van der Waals surface area (Å²) in [4.78, 5) is 11.7. The Morgan fingerprint density at radius 3 is 2.63 bits per heavy atom. The van der Waals surface area contributed by atoms with E-state index in [0.717, 1.165) is 6.54 Å². The highest BCUT2D eigenvalue weighted by Crippen LogP contribution is 2.25. The molecule has 2 rings (SSSR count). The lowest BCUT2D eigenvalue weighted by atomic mass is 10.3. The van der Waals surface area contributed by atoms with Gasteiger partial charge in [0.25, 0.3) is 0 Å². The first kappa shape index (κ1) is 13.8. The summed E-state index contributed by atoms with van der Waals surface area (Å²) in [7, 11) is 0. The second-order valence-corrected chi connectivity index (χ2v) is 4.77. The second kappa shape index (κ2) is 6.50. The average molecular weight is 298 g/mol. The predicted molar refractivity (Wildman–Crippen MR) is 77.9 cm³/mol. The third kappa shape index (κ3) is 4.19. The van der Waals surface area contributed by atoms with Crippen molar-refractivity contribution in [3.8, 4) is 0 Å². The molecule has 0 aliphatic rings. The highest BCUT2D eigenvalue weighted by Gasteiger charge is 2.05. The van der Waals surface area contributed by atoms with Crippen molar-refractivity contribution >= 4 is 34.9 Å². The summed E-state index contributed by atoms with van der Waals surface area (Å²) in [5.74, 6) is 0. The van der Waals surface area contributed by atoms with Crippen molar-refractivity contribution in [3.05, 3.63) is 52.8 Å². The summed E-state index contributed by atoms with van der Waals surface area (Å²) in [6.45, 7) is 1.25. The molecule has 2 aromatic rings. The first-order valence-corrected chi connectivity index (χ1v) is 6.51. The molecule has 19 heavy (non-hydrogen) atoms. The number of rotatable bonds is 4. The molecule has 1 aromatic carbocycles. The number of carbonyl (C=O) groups excluding carboxylic acids is 1. The van der Waals surface area contributed by atoms with Crippen LogP contribution in [0.5, 0.6) is 0 Å². The Hall–Kier alpha value is -1.65. The van der Waals surface area contributed by atoms with Gasteiger partial charge in [0.1, 0.15) is 0 Å². The van der Waals surface area contributed by atoms with E-state index in [1.54, 1.807) is 18.2 Å². The van der Waals surface area contributed by atoms with Crippen LogP contribution >= 0.6 is 23.2 Å². The normalized spacial score (nSPS) is 10.2. The fourth-order valence-corrected chi connectivity index (χ4v) is 2.03. The number of urea groups is 1. The van der Waals surface area contributed by atoms with Gasteiger partial charge in [0.05, 0.1) is 10.7 Å². The van der Waals surface area contributed by atoms with Gasteiger partial charge in [-0.15, -0.1) is 0 Å². The van der Waals surface area contributed by atoms with Crippen molar-refractivity contribution < 1.29 is 4.79 Å². The van der Waals surface area contributed by atoms with E-state index in [-0.39, 0.29) is 6.03 Å². The number of hydrogen-bond acceptors (Lipinski definition) is 1. The number of anilines is 1. The molecule has 2 N–H and O–H groups in total. The number of halogens is 2. The van der Waals surface area contributed by atoms with Crippen molar-refractivity contribution in [2.45, 2.75) is 6.54 Å². The van der Waals surface area contributed by atoms with Gasteiger partial charge in [0.15, 0.2) is 0 Å². The van der Waals surface area contributed by atoms with Crippen molar-refractivity contribution in [1.82, 2.24) is 9.88 Å². The van der Waals surface area contributed by atoms with Gasteiger partial charge in [0, 0.05) is 30.5 Å². The molecule has 0 bridgehead atoms. The largest absolute Gasteiger partial charge is 0.353 e. The van der Waals surface area contributed by atoms with E-state index in [9.17, 15) is 4.79 Å². The van der Waals surface area contributed by atoms with Crippen molar-refractivity contribution in [1.29, 1.82) is 0 Å². The predicted octanol–water partition coefficient (Wildman–Crippen LogP) is 3.62. The molecule has 0 aliphatic heterocycles. The Morgan fingerprint density at radius 1 is 1.21 bits per heavy atom. The van der Waals surface area contributed by atoms with Crippen LogP contribution in [0.3, 0.4) is 0 Å². The fourth-order valence-electron chi connectivity index (χ4n) is 1.58. The van der Waals surface area contributed by atoms with E-state index in [4.69, 9.17) is 23.2 Å². The molecule has 0 saturated carbocycles. The second-order valence-electron chi connectivity index (χ2n) is 3.93. The smallest absolute Gasteiger partial charge is 0.319 e. The average Bonchev–Trinajstić information content (AvgIpc) is 2.86. The number of amides is 2.